The van der Waals surface area contributed by atoms with E-state index in [9.17, 15) is 4.21 Å². The highest BCUT2D eigenvalue weighted by Crippen LogP contribution is 1.95. The molecule has 1 aromatic heterocycles. The van der Waals surface area contributed by atoms with E-state index < -0.39 is 10.8 Å². The second-order valence-electron chi connectivity index (χ2n) is 2.50. The summed E-state index contributed by atoms with van der Waals surface area (Å²) in [5, 5.41) is 6.62. The van der Waals surface area contributed by atoms with Crippen LogP contribution in [0.2, 0.25) is 0 Å². The van der Waals surface area contributed by atoms with Crippen LogP contribution in [-0.2, 0) is 17.3 Å². The third-order valence-corrected chi connectivity index (χ3v) is 2.62. The number of nitrogens with one attached hydrogen (secondary N) is 1. The molecule has 1 aromatic rings. The molecule has 1 N–H and O–H groups in total. The van der Waals surface area contributed by atoms with Crippen LogP contribution in [0.25, 0.3) is 0 Å². The van der Waals surface area contributed by atoms with Crippen LogP contribution in [-0.4, -0.2) is 31.0 Å². The van der Waals surface area contributed by atoms with Gasteiger partial charge in [0.25, 0.3) is 0 Å². The van der Waals surface area contributed by atoms with Gasteiger partial charge < -0.3 is 4.57 Å². The highest BCUT2D eigenvalue weighted by Gasteiger charge is 2.00. The van der Waals surface area contributed by atoms with Gasteiger partial charge in [-0.2, -0.15) is 5.10 Å². The van der Waals surface area contributed by atoms with Gasteiger partial charge >= 0.3 is 0 Å². The molecule has 12 heavy (non-hydrogen) atoms. The van der Waals surface area contributed by atoms with Gasteiger partial charge in [0.05, 0.1) is 0 Å². The Balaban J connectivity index is 2.75. The quantitative estimate of drug-likeness (QED) is 0.736. The zero-order valence-corrected chi connectivity index (χ0v) is 8.67. The van der Waals surface area contributed by atoms with Crippen molar-refractivity contribution in [1.82, 2.24) is 14.8 Å². The van der Waals surface area contributed by atoms with Crippen LogP contribution in [0.15, 0.2) is 0 Å². The first kappa shape index (κ1) is 9.60. The van der Waals surface area contributed by atoms with Crippen molar-refractivity contribution in [2.45, 2.75) is 13.5 Å². The summed E-state index contributed by atoms with van der Waals surface area (Å²) in [5.41, 5.74) is 0. The van der Waals surface area contributed by atoms with Gasteiger partial charge in [-0.05, 0) is 19.1 Å². The third kappa shape index (κ3) is 2.25. The summed E-state index contributed by atoms with van der Waals surface area (Å²) >= 11 is 4.97. The van der Waals surface area contributed by atoms with Crippen molar-refractivity contribution in [3.8, 4) is 0 Å². The number of hydrogen-bond acceptors (Lipinski definition) is 3. The van der Waals surface area contributed by atoms with Crippen molar-refractivity contribution in [2.24, 2.45) is 0 Å². The smallest absolute Gasteiger partial charge is 0.195 e. The normalized spacial score (nSPS) is 13.2. The fraction of sp³-hybridized carbons (Fsp3) is 0.667. The number of nitrogens with zero attached hydrogens (tertiary/aromatic N) is 2. The second kappa shape index (κ2) is 3.95. The van der Waals surface area contributed by atoms with Crippen molar-refractivity contribution in [2.75, 3.05) is 12.0 Å². The molecule has 4 nitrogen and oxygen atoms in total. The topological polar surface area (TPSA) is 50.7 Å². The lowest BCUT2D eigenvalue weighted by Crippen LogP contribution is -2.07. The highest BCUT2D eigenvalue weighted by molar-refractivity contribution is 7.84. The van der Waals surface area contributed by atoms with Gasteiger partial charge in [-0.3, -0.25) is 9.31 Å². The number of aromatic amines is 1. The van der Waals surface area contributed by atoms with Crippen LogP contribution in [0.1, 0.15) is 5.82 Å². The lowest BCUT2D eigenvalue weighted by atomic mass is 10.6. The van der Waals surface area contributed by atoms with Crippen molar-refractivity contribution in [3.05, 3.63) is 10.6 Å². The number of H-pyrrole nitrogens is 1. The molecule has 1 atom stereocenters. The fourth-order valence-electron chi connectivity index (χ4n) is 0.880. The molecular formula is C6H11N3OS2. The average Bonchev–Trinajstić information content (AvgIpc) is 2.28. The van der Waals surface area contributed by atoms with E-state index >= 15 is 0 Å². The lowest BCUT2D eigenvalue weighted by molar-refractivity contribution is 0.671. The molecule has 0 aliphatic heterocycles. The molecule has 0 amide bonds. The molecule has 0 saturated carbocycles. The van der Waals surface area contributed by atoms with E-state index in [4.69, 9.17) is 12.2 Å². The predicted octanol–water partition coefficient (Wildman–Crippen LogP) is 0.628. The Morgan fingerprint density at radius 1 is 1.75 bits per heavy atom. The Kier molecular flexibility index (Phi) is 3.16. The van der Waals surface area contributed by atoms with E-state index in [2.05, 4.69) is 10.2 Å². The van der Waals surface area contributed by atoms with E-state index in [1.54, 1.807) is 6.26 Å². The zero-order valence-electron chi connectivity index (χ0n) is 7.03. The van der Waals surface area contributed by atoms with E-state index in [-0.39, 0.29) is 0 Å². The second-order valence-corrected chi connectivity index (χ2v) is 4.45. The summed E-state index contributed by atoms with van der Waals surface area (Å²) in [5.74, 6) is 1.46. The van der Waals surface area contributed by atoms with Gasteiger partial charge in [0.15, 0.2) is 4.77 Å². The first-order valence-electron chi connectivity index (χ1n) is 3.53. The largest absolute Gasteiger partial charge is 0.303 e. The molecule has 68 valence electrons. The monoisotopic (exact) mass is 205 g/mol. The van der Waals surface area contributed by atoms with Crippen LogP contribution >= 0.6 is 12.2 Å². The van der Waals surface area contributed by atoms with Gasteiger partial charge in [-0.15, -0.1) is 0 Å². The average molecular weight is 205 g/mol. The molecule has 0 fully saturated rings. The summed E-state index contributed by atoms with van der Waals surface area (Å²) in [6.45, 7) is 2.54. The SMILES string of the molecule is Cc1n[nH]c(=S)n1CCS(C)=O. The molecule has 6 heteroatoms. The Labute approximate surface area is 78.5 Å². The minimum atomic E-state index is -0.776. The van der Waals surface area contributed by atoms with E-state index in [0.29, 0.717) is 17.1 Å². The molecule has 0 aliphatic rings. The van der Waals surface area contributed by atoms with E-state index in [1.165, 1.54) is 0 Å². The molecule has 0 radical (unpaired) electrons. The summed E-state index contributed by atoms with van der Waals surface area (Å²) in [6.07, 6.45) is 1.68. The first-order valence-corrected chi connectivity index (χ1v) is 5.66. The summed E-state index contributed by atoms with van der Waals surface area (Å²) in [6, 6.07) is 0. The summed E-state index contributed by atoms with van der Waals surface area (Å²) in [4.78, 5) is 0. The van der Waals surface area contributed by atoms with E-state index in [1.807, 2.05) is 11.5 Å². The van der Waals surface area contributed by atoms with Crippen molar-refractivity contribution in [1.29, 1.82) is 0 Å². The van der Waals surface area contributed by atoms with Crippen LogP contribution < -0.4 is 0 Å². The zero-order chi connectivity index (χ0) is 9.14. The standard InChI is InChI=1S/C6H11N3OS2/c1-5-7-8-6(11)9(5)3-4-12(2)10/h3-4H2,1-2H3,(H,8,11). The molecule has 0 spiro atoms. The number of rotatable bonds is 3. The maximum absolute atomic E-state index is 10.8. The minimum Gasteiger partial charge on any atom is -0.303 e. The van der Waals surface area contributed by atoms with Crippen LogP contribution in [0.5, 0.6) is 0 Å². The Morgan fingerprint density at radius 2 is 2.42 bits per heavy atom. The van der Waals surface area contributed by atoms with Gasteiger partial charge in [0.1, 0.15) is 5.82 Å². The van der Waals surface area contributed by atoms with Crippen LogP contribution in [0.3, 0.4) is 0 Å². The molecule has 1 heterocycles. The van der Waals surface area contributed by atoms with Gasteiger partial charge in [-0.25, -0.2) is 0 Å². The maximum atomic E-state index is 10.8. The summed E-state index contributed by atoms with van der Waals surface area (Å²) < 4.78 is 13.2. The Hall–Kier alpha value is -0.490. The van der Waals surface area contributed by atoms with Crippen LogP contribution in [0.4, 0.5) is 0 Å². The predicted molar refractivity (Wildman–Crippen MR) is 51.1 cm³/mol. The maximum Gasteiger partial charge on any atom is 0.195 e. The molecule has 0 bridgehead atoms. The minimum absolute atomic E-state index is 0.595. The highest BCUT2D eigenvalue weighted by atomic mass is 32.2. The van der Waals surface area contributed by atoms with Crippen molar-refractivity contribution >= 4 is 23.0 Å². The molecule has 0 aromatic carbocycles. The molecule has 1 unspecified atom stereocenters. The molecule has 1 rings (SSSR count). The lowest BCUT2D eigenvalue weighted by Gasteiger charge is -2.00. The van der Waals surface area contributed by atoms with Crippen molar-refractivity contribution in [3.63, 3.8) is 0 Å². The third-order valence-electron chi connectivity index (χ3n) is 1.55. The van der Waals surface area contributed by atoms with Gasteiger partial charge in [-0.1, -0.05) is 0 Å². The van der Waals surface area contributed by atoms with Crippen LogP contribution in [0, 0.1) is 11.7 Å². The van der Waals surface area contributed by atoms with Crippen molar-refractivity contribution < 1.29 is 4.21 Å². The number of aromatic nitrogens is 3. The van der Waals surface area contributed by atoms with Gasteiger partial charge in [0, 0.05) is 29.4 Å². The number of aryl methyl sites for hydroxylation is 1. The number of hydrogen-bond donors (Lipinski definition) is 1. The first-order chi connectivity index (χ1) is 5.61. The van der Waals surface area contributed by atoms with E-state index in [0.717, 1.165) is 5.82 Å². The Bertz CT molecular complexity index is 341. The molecule has 0 saturated heterocycles. The molecular weight excluding hydrogens is 194 g/mol. The fourth-order valence-corrected chi connectivity index (χ4v) is 1.59. The molecule has 0 aliphatic carbocycles. The summed E-state index contributed by atoms with van der Waals surface area (Å²) in [7, 11) is -0.776. The Morgan fingerprint density at radius 3 is 2.83 bits per heavy atom. The van der Waals surface area contributed by atoms with Gasteiger partial charge in [0.2, 0.25) is 0 Å².